The van der Waals surface area contributed by atoms with Crippen LogP contribution in [0.1, 0.15) is 13.3 Å². The largest absolute Gasteiger partial charge is 0.378 e. The van der Waals surface area contributed by atoms with Gasteiger partial charge in [-0.1, -0.05) is 6.92 Å². The van der Waals surface area contributed by atoms with E-state index in [-0.39, 0.29) is 11.8 Å². The summed E-state index contributed by atoms with van der Waals surface area (Å²) in [5, 5.41) is 0. The molecule has 0 aromatic carbocycles. The zero-order chi connectivity index (χ0) is 13.7. The maximum absolute atomic E-state index is 12.1. The molecule has 2 heterocycles. The number of carbonyl (C=O) groups excluding carboxylic acids is 2. The first-order valence-corrected chi connectivity index (χ1v) is 7.06. The van der Waals surface area contributed by atoms with E-state index in [0.717, 1.165) is 26.2 Å². The predicted molar refractivity (Wildman–Crippen MR) is 70.7 cm³/mol. The lowest BCUT2D eigenvalue weighted by atomic mass is 10.2. The van der Waals surface area contributed by atoms with Crippen molar-refractivity contribution in [1.29, 1.82) is 0 Å². The van der Waals surface area contributed by atoms with Crippen LogP contribution in [-0.4, -0.2) is 85.5 Å². The van der Waals surface area contributed by atoms with Crippen molar-refractivity contribution in [3.63, 3.8) is 0 Å². The molecule has 2 rings (SSSR count). The fourth-order valence-electron chi connectivity index (χ4n) is 2.48. The third-order valence-electron chi connectivity index (χ3n) is 3.75. The SMILES string of the molecule is CCC(=O)N1CCN(CC(=O)N2CCOCC2)CC1. The normalized spacial score (nSPS) is 21.5. The molecule has 0 unspecified atom stereocenters. The number of amides is 2. The summed E-state index contributed by atoms with van der Waals surface area (Å²) in [6.07, 6.45) is 0.562. The quantitative estimate of drug-likeness (QED) is 0.686. The van der Waals surface area contributed by atoms with Gasteiger partial charge in [0.1, 0.15) is 0 Å². The number of carbonyl (C=O) groups is 2. The van der Waals surface area contributed by atoms with Crippen LogP contribution in [0.25, 0.3) is 0 Å². The highest BCUT2D eigenvalue weighted by molar-refractivity contribution is 5.78. The Hall–Kier alpha value is -1.14. The minimum absolute atomic E-state index is 0.179. The molecule has 0 saturated carbocycles. The Morgan fingerprint density at radius 3 is 2.05 bits per heavy atom. The molecule has 0 bridgehead atoms. The lowest BCUT2D eigenvalue weighted by Gasteiger charge is -2.36. The summed E-state index contributed by atoms with van der Waals surface area (Å²) in [5.74, 6) is 0.387. The van der Waals surface area contributed by atoms with Gasteiger partial charge in [-0.05, 0) is 0 Å². The van der Waals surface area contributed by atoms with Crippen LogP contribution in [0.15, 0.2) is 0 Å². The van der Waals surface area contributed by atoms with E-state index in [9.17, 15) is 9.59 Å². The molecule has 0 atom stereocenters. The van der Waals surface area contributed by atoms with Gasteiger partial charge in [0.25, 0.3) is 0 Å². The van der Waals surface area contributed by atoms with Gasteiger partial charge in [0.2, 0.25) is 11.8 Å². The zero-order valence-corrected chi connectivity index (χ0v) is 11.6. The summed E-state index contributed by atoms with van der Waals surface area (Å²) in [5.41, 5.74) is 0. The predicted octanol–water partition coefficient (Wildman–Crippen LogP) is -0.601. The molecular formula is C13H23N3O3. The Labute approximate surface area is 114 Å². The minimum Gasteiger partial charge on any atom is -0.378 e. The van der Waals surface area contributed by atoms with E-state index in [1.165, 1.54) is 0 Å². The Morgan fingerprint density at radius 1 is 0.895 bits per heavy atom. The Morgan fingerprint density at radius 2 is 1.47 bits per heavy atom. The van der Waals surface area contributed by atoms with Gasteiger partial charge in [0.05, 0.1) is 19.8 Å². The highest BCUT2D eigenvalue weighted by Gasteiger charge is 2.24. The van der Waals surface area contributed by atoms with E-state index in [4.69, 9.17) is 4.74 Å². The average molecular weight is 269 g/mol. The molecule has 0 aliphatic carbocycles. The molecule has 0 spiro atoms. The van der Waals surface area contributed by atoms with Gasteiger partial charge in [-0.25, -0.2) is 0 Å². The van der Waals surface area contributed by atoms with Gasteiger partial charge in [-0.15, -0.1) is 0 Å². The molecule has 108 valence electrons. The molecule has 0 N–H and O–H groups in total. The first-order chi connectivity index (χ1) is 9.20. The monoisotopic (exact) mass is 269 g/mol. The van der Waals surface area contributed by atoms with Crippen LogP contribution in [-0.2, 0) is 14.3 Å². The molecule has 6 heteroatoms. The van der Waals surface area contributed by atoms with Gasteiger partial charge < -0.3 is 14.5 Å². The fraction of sp³-hybridized carbons (Fsp3) is 0.846. The van der Waals surface area contributed by atoms with E-state index in [0.29, 0.717) is 39.3 Å². The summed E-state index contributed by atoms with van der Waals surface area (Å²) in [6, 6.07) is 0. The highest BCUT2D eigenvalue weighted by Crippen LogP contribution is 2.05. The van der Waals surface area contributed by atoms with Crippen LogP contribution >= 0.6 is 0 Å². The van der Waals surface area contributed by atoms with E-state index in [1.807, 2.05) is 16.7 Å². The molecule has 2 fully saturated rings. The van der Waals surface area contributed by atoms with Crippen LogP contribution in [0.4, 0.5) is 0 Å². The molecular weight excluding hydrogens is 246 g/mol. The van der Waals surface area contributed by atoms with Gasteiger partial charge in [-0.2, -0.15) is 0 Å². The summed E-state index contributed by atoms with van der Waals surface area (Å²) in [6.45, 7) is 8.11. The molecule has 2 aliphatic rings. The van der Waals surface area contributed by atoms with Crippen molar-refractivity contribution >= 4 is 11.8 Å². The number of hydrogen-bond donors (Lipinski definition) is 0. The van der Waals surface area contributed by atoms with Crippen molar-refractivity contribution < 1.29 is 14.3 Å². The lowest BCUT2D eigenvalue weighted by molar-refractivity contribution is -0.137. The third-order valence-corrected chi connectivity index (χ3v) is 3.75. The fourth-order valence-corrected chi connectivity index (χ4v) is 2.48. The summed E-state index contributed by atoms with van der Waals surface area (Å²) >= 11 is 0. The van der Waals surface area contributed by atoms with Crippen molar-refractivity contribution in [2.24, 2.45) is 0 Å². The Kier molecular flexibility index (Phi) is 5.15. The molecule has 2 aliphatic heterocycles. The maximum atomic E-state index is 12.1. The molecule has 19 heavy (non-hydrogen) atoms. The second kappa shape index (κ2) is 6.86. The lowest BCUT2D eigenvalue weighted by Crippen LogP contribution is -2.52. The van der Waals surface area contributed by atoms with E-state index < -0.39 is 0 Å². The van der Waals surface area contributed by atoms with Gasteiger partial charge >= 0.3 is 0 Å². The summed E-state index contributed by atoms with van der Waals surface area (Å²) < 4.78 is 5.24. The zero-order valence-electron chi connectivity index (χ0n) is 11.6. The van der Waals surface area contributed by atoms with E-state index in [2.05, 4.69) is 4.90 Å². The van der Waals surface area contributed by atoms with Crippen molar-refractivity contribution in [3.05, 3.63) is 0 Å². The third kappa shape index (κ3) is 3.91. The van der Waals surface area contributed by atoms with Gasteiger partial charge in [-0.3, -0.25) is 14.5 Å². The number of rotatable bonds is 3. The second-order valence-corrected chi connectivity index (χ2v) is 5.00. The topological polar surface area (TPSA) is 53.1 Å². The standard InChI is InChI=1S/C13H23N3O3/c1-2-12(17)15-5-3-14(4-6-15)11-13(18)16-7-9-19-10-8-16/h2-11H2,1H3. The van der Waals surface area contributed by atoms with Crippen LogP contribution in [0.3, 0.4) is 0 Å². The maximum Gasteiger partial charge on any atom is 0.236 e. The molecule has 2 amide bonds. The van der Waals surface area contributed by atoms with Gasteiger partial charge in [0.15, 0.2) is 0 Å². The summed E-state index contributed by atoms with van der Waals surface area (Å²) in [4.78, 5) is 29.5. The molecule has 0 radical (unpaired) electrons. The second-order valence-electron chi connectivity index (χ2n) is 5.00. The number of ether oxygens (including phenoxy) is 1. The number of nitrogens with zero attached hydrogens (tertiary/aromatic N) is 3. The first-order valence-electron chi connectivity index (χ1n) is 7.06. The average Bonchev–Trinajstić information content (AvgIpc) is 2.48. The number of morpholine rings is 1. The molecule has 0 aromatic heterocycles. The minimum atomic E-state index is 0.179. The van der Waals surface area contributed by atoms with Crippen molar-refractivity contribution in [2.45, 2.75) is 13.3 Å². The van der Waals surface area contributed by atoms with Crippen molar-refractivity contribution in [1.82, 2.24) is 14.7 Å². The van der Waals surface area contributed by atoms with Crippen LogP contribution < -0.4 is 0 Å². The number of piperazine rings is 1. The van der Waals surface area contributed by atoms with Crippen molar-refractivity contribution in [2.75, 3.05) is 59.0 Å². The van der Waals surface area contributed by atoms with Gasteiger partial charge in [0, 0.05) is 45.7 Å². The van der Waals surface area contributed by atoms with Crippen LogP contribution in [0.5, 0.6) is 0 Å². The van der Waals surface area contributed by atoms with Crippen molar-refractivity contribution in [3.8, 4) is 0 Å². The van der Waals surface area contributed by atoms with Crippen LogP contribution in [0.2, 0.25) is 0 Å². The Bertz CT molecular complexity index is 321. The van der Waals surface area contributed by atoms with E-state index in [1.54, 1.807) is 0 Å². The van der Waals surface area contributed by atoms with Crippen LogP contribution in [0, 0.1) is 0 Å². The molecule has 2 saturated heterocycles. The van der Waals surface area contributed by atoms with E-state index >= 15 is 0 Å². The number of hydrogen-bond acceptors (Lipinski definition) is 4. The smallest absolute Gasteiger partial charge is 0.236 e. The summed E-state index contributed by atoms with van der Waals surface area (Å²) in [7, 11) is 0. The Balaban J connectivity index is 1.72. The molecule has 0 aromatic rings. The highest BCUT2D eigenvalue weighted by atomic mass is 16.5. The molecule has 6 nitrogen and oxygen atoms in total. The first kappa shape index (κ1) is 14.3.